The normalized spacial score (nSPS) is 17.4. The van der Waals surface area contributed by atoms with E-state index in [1.807, 2.05) is 0 Å². The molecule has 3 N–H and O–H groups in total. The van der Waals surface area contributed by atoms with Gasteiger partial charge in [-0.1, -0.05) is 15.9 Å². The van der Waals surface area contributed by atoms with E-state index in [-0.39, 0.29) is 11.4 Å². The number of nitrogens with two attached hydrogens (primary N) is 1. The molecule has 17 heavy (non-hydrogen) atoms. The molecule has 1 aliphatic rings. The summed E-state index contributed by atoms with van der Waals surface area (Å²) >= 11 is 3.15. The highest BCUT2D eigenvalue weighted by molar-refractivity contribution is 9.10. The lowest BCUT2D eigenvalue weighted by molar-refractivity contribution is 0.0929. The minimum Gasteiger partial charge on any atom is -0.350 e. The molecule has 1 aromatic carbocycles. The maximum absolute atomic E-state index is 13.1. The van der Waals surface area contributed by atoms with Crippen molar-refractivity contribution in [1.29, 1.82) is 0 Å². The molecule has 1 saturated carbocycles. The number of nitrogens with one attached hydrogen (secondary N) is 1. The average molecular weight is 301 g/mol. The van der Waals surface area contributed by atoms with Crippen molar-refractivity contribution in [1.82, 2.24) is 5.32 Å². The highest BCUT2D eigenvalue weighted by Crippen LogP contribution is 2.28. The molecule has 1 amide bonds. The zero-order valence-corrected chi connectivity index (χ0v) is 10.9. The van der Waals surface area contributed by atoms with Gasteiger partial charge in [0, 0.05) is 22.1 Å². The van der Waals surface area contributed by atoms with E-state index in [0.29, 0.717) is 16.6 Å². The molecule has 2 rings (SSSR count). The van der Waals surface area contributed by atoms with Crippen molar-refractivity contribution in [3.05, 3.63) is 34.1 Å². The highest BCUT2D eigenvalue weighted by atomic mass is 79.9. The summed E-state index contributed by atoms with van der Waals surface area (Å²) in [5.41, 5.74) is 6.03. The molecular weight excluding hydrogens is 287 g/mol. The number of hydrogen-bond donors (Lipinski definition) is 2. The third-order valence-corrected chi connectivity index (χ3v) is 3.53. The van der Waals surface area contributed by atoms with Gasteiger partial charge in [-0.2, -0.15) is 0 Å². The molecule has 0 atom stereocenters. The van der Waals surface area contributed by atoms with Gasteiger partial charge in [-0.3, -0.25) is 4.79 Å². The second kappa shape index (κ2) is 4.74. The molecule has 0 radical (unpaired) electrons. The minimum absolute atomic E-state index is 0.264. The maximum atomic E-state index is 13.1. The number of rotatable bonds is 3. The fraction of sp³-hybridized carbons (Fsp3) is 0.417. The summed E-state index contributed by atoms with van der Waals surface area (Å²) < 4.78 is 13.7. The van der Waals surface area contributed by atoms with Crippen LogP contribution in [0.1, 0.15) is 29.6 Å². The van der Waals surface area contributed by atoms with Gasteiger partial charge in [0.05, 0.1) is 0 Å². The first-order valence-corrected chi connectivity index (χ1v) is 6.31. The van der Waals surface area contributed by atoms with E-state index in [9.17, 15) is 9.18 Å². The standard InChI is InChI=1S/C12H14BrFN2O/c13-9-4-8(5-10(14)6-9)11(17)16-7-12(15)2-1-3-12/h4-6H,1-3,7,15H2,(H,16,17). The van der Waals surface area contributed by atoms with Gasteiger partial charge in [-0.05, 0) is 37.5 Å². The van der Waals surface area contributed by atoms with E-state index in [4.69, 9.17) is 5.73 Å². The molecule has 0 heterocycles. The van der Waals surface area contributed by atoms with E-state index in [1.165, 1.54) is 12.1 Å². The lowest BCUT2D eigenvalue weighted by atomic mass is 9.78. The lowest BCUT2D eigenvalue weighted by Crippen LogP contribution is -2.54. The van der Waals surface area contributed by atoms with Crippen LogP contribution in [0.4, 0.5) is 4.39 Å². The Labute approximate surface area is 108 Å². The summed E-state index contributed by atoms with van der Waals surface area (Å²) in [5.74, 6) is -0.724. The van der Waals surface area contributed by atoms with Crippen LogP contribution in [0.5, 0.6) is 0 Å². The topological polar surface area (TPSA) is 55.1 Å². The smallest absolute Gasteiger partial charge is 0.251 e. The maximum Gasteiger partial charge on any atom is 0.251 e. The molecule has 1 aliphatic carbocycles. The molecule has 1 fully saturated rings. The second-order valence-electron chi connectivity index (χ2n) is 4.56. The summed E-state index contributed by atoms with van der Waals surface area (Å²) in [6, 6.07) is 4.11. The van der Waals surface area contributed by atoms with Gasteiger partial charge in [0.1, 0.15) is 5.82 Å². The first-order valence-electron chi connectivity index (χ1n) is 5.52. The van der Waals surface area contributed by atoms with Crippen molar-refractivity contribution in [2.24, 2.45) is 5.73 Å². The van der Waals surface area contributed by atoms with E-state index < -0.39 is 5.82 Å². The van der Waals surface area contributed by atoms with Crippen LogP contribution in [0, 0.1) is 5.82 Å². The van der Waals surface area contributed by atoms with Crippen LogP contribution in [-0.4, -0.2) is 18.0 Å². The number of benzene rings is 1. The van der Waals surface area contributed by atoms with Gasteiger partial charge >= 0.3 is 0 Å². The third-order valence-electron chi connectivity index (χ3n) is 3.08. The molecule has 5 heteroatoms. The molecule has 3 nitrogen and oxygen atoms in total. The predicted octanol–water partition coefficient (Wildman–Crippen LogP) is 2.20. The number of carbonyl (C=O) groups excluding carboxylic acids is 1. The van der Waals surface area contributed by atoms with Crippen LogP contribution in [-0.2, 0) is 0 Å². The molecule has 92 valence electrons. The largest absolute Gasteiger partial charge is 0.350 e. The molecule has 0 spiro atoms. The Morgan fingerprint density at radius 2 is 2.18 bits per heavy atom. The van der Waals surface area contributed by atoms with Crippen molar-refractivity contribution in [3.63, 3.8) is 0 Å². The molecule has 0 saturated heterocycles. The van der Waals surface area contributed by atoms with Gasteiger partial charge in [-0.25, -0.2) is 4.39 Å². The zero-order valence-electron chi connectivity index (χ0n) is 9.30. The Morgan fingerprint density at radius 3 is 2.71 bits per heavy atom. The molecule has 0 bridgehead atoms. The monoisotopic (exact) mass is 300 g/mol. The third kappa shape index (κ3) is 3.04. The highest BCUT2D eigenvalue weighted by Gasteiger charge is 2.32. The van der Waals surface area contributed by atoms with Crippen LogP contribution < -0.4 is 11.1 Å². The lowest BCUT2D eigenvalue weighted by Gasteiger charge is -2.38. The number of carbonyl (C=O) groups is 1. The number of halogens is 2. The summed E-state index contributed by atoms with van der Waals surface area (Å²) in [6.07, 6.45) is 2.97. The van der Waals surface area contributed by atoms with Crippen LogP contribution in [0.3, 0.4) is 0 Å². The molecule has 1 aromatic rings. The van der Waals surface area contributed by atoms with E-state index in [0.717, 1.165) is 19.3 Å². The summed E-state index contributed by atoms with van der Waals surface area (Å²) in [5, 5.41) is 2.74. The molecular formula is C12H14BrFN2O. The number of hydrogen-bond acceptors (Lipinski definition) is 2. The fourth-order valence-corrected chi connectivity index (χ4v) is 2.32. The Morgan fingerprint density at radius 1 is 1.47 bits per heavy atom. The summed E-state index contributed by atoms with van der Waals surface area (Å²) in [6.45, 7) is 0.444. The quantitative estimate of drug-likeness (QED) is 0.899. The Bertz CT molecular complexity index is 426. The Balaban J connectivity index is 1.99. The van der Waals surface area contributed by atoms with Crippen molar-refractivity contribution in [2.75, 3.05) is 6.54 Å². The number of amides is 1. The molecule has 0 unspecified atom stereocenters. The van der Waals surface area contributed by atoms with Crippen molar-refractivity contribution in [3.8, 4) is 0 Å². The average Bonchev–Trinajstić information content (AvgIpc) is 2.22. The van der Waals surface area contributed by atoms with Gasteiger partial charge in [-0.15, -0.1) is 0 Å². The summed E-state index contributed by atoms with van der Waals surface area (Å²) in [4.78, 5) is 11.8. The van der Waals surface area contributed by atoms with Gasteiger partial charge in [0.2, 0.25) is 0 Å². The summed E-state index contributed by atoms with van der Waals surface area (Å²) in [7, 11) is 0. The SMILES string of the molecule is NC1(CNC(=O)c2cc(F)cc(Br)c2)CCC1. The van der Waals surface area contributed by atoms with E-state index in [1.54, 1.807) is 6.07 Å². The van der Waals surface area contributed by atoms with Crippen LogP contribution in [0.15, 0.2) is 22.7 Å². The van der Waals surface area contributed by atoms with Gasteiger partial charge in [0.25, 0.3) is 5.91 Å². The first-order chi connectivity index (χ1) is 7.98. The first kappa shape index (κ1) is 12.5. The van der Waals surface area contributed by atoms with Crippen molar-refractivity contribution in [2.45, 2.75) is 24.8 Å². The van der Waals surface area contributed by atoms with Crippen LogP contribution >= 0.6 is 15.9 Å². The molecule has 0 aliphatic heterocycles. The van der Waals surface area contributed by atoms with Gasteiger partial charge in [0.15, 0.2) is 0 Å². The Hall–Kier alpha value is -0.940. The van der Waals surface area contributed by atoms with E-state index >= 15 is 0 Å². The zero-order chi connectivity index (χ0) is 12.5. The van der Waals surface area contributed by atoms with Gasteiger partial charge < -0.3 is 11.1 Å². The predicted molar refractivity (Wildman–Crippen MR) is 67.2 cm³/mol. The van der Waals surface area contributed by atoms with Crippen LogP contribution in [0.2, 0.25) is 0 Å². The minimum atomic E-state index is -0.435. The Kier molecular flexibility index (Phi) is 3.49. The van der Waals surface area contributed by atoms with Crippen molar-refractivity contribution >= 4 is 21.8 Å². The molecule has 0 aromatic heterocycles. The fourth-order valence-electron chi connectivity index (χ4n) is 1.85. The second-order valence-corrected chi connectivity index (χ2v) is 5.47. The van der Waals surface area contributed by atoms with E-state index in [2.05, 4.69) is 21.2 Å². The van der Waals surface area contributed by atoms with Crippen LogP contribution in [0.25, 0.3) is 0 Å². The van der Waals surface area contributed by atoms with Crippen molar-refractivity contribution < 1.29 is 9.18 Å².